The number of nitriles is 1. The van der Waals surface area contributed by atoms with Gasteiger partial charge in [-0.1, -0.05) is 31.2 Å². The number of nitrogens with zero attached hydrogens (tertiary/aromatic N) is 2. The van der Waals surface area contributed by atoms with Gasteiger partial charge in [0.1, 0.15) is 11.8 Å². The highest BCUT2D eigenvalue weighted by molar-refractivity contribution is 5.26. The molecule has 0 saturated heterocycles. The second kappa shape index (κ2) is 6.67. The van der Waals surface area contributed by atoms with Crippen molar-refractivity contribution < 1.29 is 0 Å². The van der Waals surface area contributed by atoms with Gasteiger partial charge in [0, 0.05) is 19.3 Å². The number of nitrogens with one attached hydrogen (secondary N) is 1. The van der Waals surface area contributed by atoms with Gasteiger partial charge in [-0.25, -0.2) is 4.98 Å². The Bertz CT molecular complexity index is 567. The lowest BCUT2D eigenvalue weighted by Gasteiger charge is -2.06. The minimum atomic E-state index is 0.464. The molecule has 0 aliphatic rings. The standard InChI is InChI=1S/C16H17N3/c1-2-13-3-5-14(6-4-13)11-18-12-15-7-8-19-16(9-15)10-17/h3-9,18H,2,11-12H2,1H3. The van der Waals surface area contributed by atoms with Gasteiger partial charge in [0.05, 0.1) is 0 Å². The predicted molar refractivity (Wildman–Crippen MR) is 75.3 cm³/mol. The van der Waals surface area contributed by atoms with Gasteiger partial charge in [-0.3, -0.25) is 0 Å². The molecular weight excluding hydrogens is 234 g/mol. The van der Waals surface area contributed by atoms with Crippen molar-refractivity contribution in [2.75, 3.05) is 0 Å². The summed E-state index contributed by atoms with van der Waals surface area (Å²) >= 11 is 0. The van der Waals surface area contributed by atoms with Gasteiger partial charge in [-0.15, -0.1) is 0 Å². The first-order chi connectivity index (χ1) is 9.31. The van der Waals surface area contributed by atoms with Crippen LogP contribution in [-0.4, -0.2) is 4.98 Å². The maximum absolute atomic E-state index is 8.78. The number of benzene rings is 1. The van der Waals surface area contributed by atoms with Gasteiger partial charge in [0.15, 0.2) is 0 Å². The van der Waals surface area contributed by atoms with Crippen molar-refractivity contribution in [1.29, 1.82) is 5.26 Å². The van der Waals surface area contributed by atoms with E-state index in [1.165, 1.54) is 11.1 Å². The molecule has 0 unspecified atom stereocenters. The zero-order valence-corrected chi connectivity index (χ0v) is 11.1. The number of rotatable bonds is 5. The Hall–Kier alpha value is -2.18. The van der Waals surface area contributed by atoms with E-state index in [0.717, 1.165) is 25.1 Å². The summed E-state index contributed by atoms with van der Waals surface area (Å²) in [5.41, 5.74) is 4.17. The van der Waals surface area contributed by atoms with E-state index < -0.39 is 0 Å². The Kier molecular flexibility index (Phi) is 4.66. The summed E-state index contributed by atoms with van der Waals surface area (Å²) in [6, 6.07) is 14.4. The third kappa shape index (κ3) is 3.90. The minimum absolute atomic E-state index is 0.464. The number of hydrogen-bond donors (Lipinski definition) is 1. The van der Waals surface area contributed by atoms with E-state index in [1.807, 2.05) is 18.2 Å². The second-order valence-electron chi connectivity index (χ2n) is 4.43. The van der Waals surface area contributed by atoms with E-state index in [-0.39, 0.29) is 0 Å². The smallest absolute Gasteiger partial charge is 0.140 e. The molecule has 2 rings (SSSR count). The van der Waals surface area contributed by atoms with Gasteiger partial charge in [0.2, 0.25) is 0 Å². The molecule has 3 nitrogen and oxygen atoms in total. The van der Waals surface area contributed by atoms with Crippen LogP contribution in [-0.2, 0) is 19.5 Å². The van der Waals surface area contributed by atoms with Crippen LogP contribution in [0.5, 0.6) is 0 Å². The molecule has 0 aliphatic carbocycles. The molecule has 0 radical (unpaired) electrons. The third-order valence-electron chi connectivity index (χ3n) is 3.03. The highest BCUT2D eigenvalue weighted by Gasteiger charge is 1.97. The van der Waals surface area contributed by atoms with Crippen LogP contribution in [0.3, 0.4) is 0 Å². The fourth-order valence-corrected chi connectivity index (χ4v) is 1.89. The molecule has 0 fully saturated rings. The summed E-state index contributed by atoms with van der Waals surface area (Å²) in [7, 11) is 0. The van der Waals surface area contributed by atoms with Crippen LogP contribution in [0, 0.1) is 11.3 Å². The molecule has 3 heteroatoms. The zero-order chi connectivity index (χ0) is 13.5. The fourth-order valence-electron chi connectivity index (χ4n) is 1.89. The quantitative estimate of drug-likeness (QED) is 0.889. The average Bonchev–Trinajstić information content (AvgIpc) is 2.48. The van der Waals surface area contributed by atoms with Crippen molar-refractivity contribution in [1.82, 2.24) is 10.3 Å². The van der Waals surface area contributed by atoms with Crippen LogP contribution in [0.25, 0.3) is 0 Å². The van der Waals surface area contributed by atoms with E-state index in [2.05, 4.69) is 41.5 Å². The van der Waals surface area contributed by atoms with Crippen LogP contribution >= 0.6 is 0 Å². The first-order valence-corrected chi connectivity index (χ1v) is 6.45. The molecule has 2 aromatic rings. The van der Waals surface area contributed by atoms with Crippen molar-refractivity contribution >= 4 is 0 Å². The Morgan fingerprint density at radius 1 is 1.05 bits per heavy atom. The third-order valence-corrected chi connectivity index (χ3v) is 3.03. The van der Waals surface area contributed by atoms with Gasteiger partial charge in [-0.05, 0) is 35.2 Å². The van der Waals surface area contributed by atoms with Gasteiger partial charge in [-0.2, -0.15) is 5.26 Å². The molecule has 1 aromatic carbocycles. The van der Waals surface area contributed by atoms with E-state index in [1.54, 1.807) is 6.20 Å². The molecular formula is C16H17N3. The lowest BCUT2D eigenvalue weighted by molar-refractivity contribution is 0.692. The highest BCUT2D eigenvalue weighted by Crippen LogP contribution is 2.06. The summed E-state index contributed by atoms with van der Waals surface area (Å²) in [4.78, 5) is 3.95. The Balaban J connectivity index is 1.87. The van der Waals surface area contributed by atoms with Crippen molar-refractivity contribution in [2.24, 2.45) is 0 Å². The Morgan fingerprint density at radius 3 is 2.42 bits per heavy atom. The molecule has 0 atom stereocenters. The summed E-state index contributed by atoms with van der Waals surface area (Å²) in [5.74, 6) is 0. The Morgan fingerprint density at radius 2 is 1.74 bits per heavy atom. The summed E-state index contributed by atoms with van der Waals surface area (Å²) in [6.45, 7) is 3.73. The predicted octanol–water partition coefficient (Wildman–Crippen LogP) is 2.81. The average molecular weight is 251 g/mol. The first-order valence-electron chi connectivity index (χ1n) is 6.45. The largest absolute Gasteiger partial charge is 0.309 e. The molecule has 0 saturated carbocycles. The summed E-state index contributed by atoms with van der Waals surface area (Å²) < 4.78 is 0. The van der Waals surface area contributed by atoms with E-state index >= 15 is 0 Å². The van der Waals surface area contributed by atoms with Crippen molar-refractivity contribution in [3.63, 3.8) is 0 Å². The molecule has 0 amide bonds. The van der Waals surface area contributed by atoms with E-state index in [4.69, 9.17) is 5.26 Å². The van der Waals surface area contributed by atoms with Gasteiger partial charge >= 0.3 is 0 Å². The van der Waals surface area contributed by atoms with Crippen LogP contribution in [0.2, 0.25) is 0 Å². The maximum Gasteiger partial charge on any atom is 0.140 e. The highest BCUT2D eigenvalue weighted by atomic mass is 14.8. The molecule has 1 N–H and O–H groups in total. The summed E-state index contributed by atoms with van der Waals surface area (Å²) in [5, 5.41) is 12.2. The van der Waals surface area contributed by atoms with Gasteiger partial charge < -0.3 is 5.32 Å². The van der Waals surface area contributed by atoms with Crippen molar-refractivity contribution in [3.8, 4) is 6.07 Å². The van der Waals surface area contributed by atoms with E-state index in [0.29, 0.717) is 5.69 Å². The molecule has 1 aromatic heterocycles. The number of hydrogen-bond acceptors (Lipinski definition) is 3. The number of aromatic nitrogens is 1. The number of aryl methyl sites for hydroxylation is 1. The van der Waals surface area contributed by atoms with Crippen molar-refractivity contribution in [3.05, 3.63) is 65.0 Å². The monoisotopic (exact) mass is 251 g/mol. The SMILES string of the molecule is CCc1ccc(CNCc2ccnc(C#N)c2)cc1. The fraction of sp³-hybridized carbons (Fsp3) is 0.250. The molecule has 0 aliphatic heterocycles. The molecule has 0 spiro atoms. The molecule has 1 heterocycles. The van der Waals surface area contributed by atoms with Crippen LogP contribution in [0.1, 0.15) is 29.3 Å². The van der Waals surface area contributed by atoms with Crippen molar-refractivity contribution in [2.45, 2.75) is 26.4 Å². The second-order valence-corrected chi connectivity index (χ2v) is 4.43. The molecule has 0 bridgehead atoms. The lowest BCUT2D eigenvalue weighted by atomic mass is 10.1. The van der Waals surface area contributed by atoms with E-state index in [9.17, 15) is 0 Å². The molecule has 96 valence electrons. The number of pyridine rings is 1. The normalized spacial score (nSPS) is 10.1. The van der Waals surface area contributed by atoms with Crippen LogP contribution in [0.15, 0.2) is 42.6 Å². The lowest BCUT2D eigenvalue weighted by Crippen LogP contribution is -2.12. The topological polar surface area (TPSA) is 48.7 Å². The van der Waals surface area contributed by atoms with Crippen LogP contribution < -0.4 is 5.32 Å². The van der Waals surface area contributed by atoms with Gasteiger partial charge in [0.25, 0.3) is 0 Å². The summed E-state index contributed by atoms with van der Waals surface area (Å²) in [6.07, 6.45) is 2.74. The molecule has 19 heavy (non-hydrogen) atoms. The zero-order valence-electron chi connectivity index (χ0n) is 11.1. The Labute approximate surface area is 113 Å². The first kappa shape index (κ1) is 13.3. The minimum Gasteiger partial charge on any atom is -0.309 e. The maximum atomic E-state index is 8.78. The van der Waals surface area contributed by atoms with Crippen LogP contribution in [0.4, 0.5) is 0 Å².